The van der Waals surface area contributed by atoms with Crippen LogP contribution in [0.4, 0.5) is 0 Å². The molecule has 2 fully saturated rings. The van der Waals surface area contributed by atoms with E-state index in [-0.39, 0.29) is 34.4 Å². The van der Waals surface area contributed by atoms with E-state index in [1.807, 2.05) is 13.8 Å². The maximum Gasteiger partial charge on any atom is 0.342 e. The van der Waals surface area contributed by atoms with E-state index in [4.69, 9.17) is 23.7 Å². The molecular weight excluding hydrogens is 572 g/mol. The molecule has 14 nitrogen and oxygen atoms in total. The average Bonchev–Trinajstić information content (AvgIpc) is 3.00. The van der Waals surface area contributed by atoms with E-state index in [0.29, 0.717) is 5.39 Å². The van der Waals surface area contributed by atoms with Crippen molar-refractivity contribution in [3.05, 3.63) is 47.0 Å². The van der Waals surface area contributed by atoms with E-state index in [9.17, 15) is 45.6 Å². The van der Waals surface area contributed by atoms with Gasteiger partial charge < -0.3 is 64.5 Å². The topological polar surface area (TPSA) is 225 Å². The number of aliphatic hydroxyl groups is 8. The van der Waals surface area contributed by atoms with E-state index in [1.165, 1.54) is 0 Å². The number of carbonyl (C=O) groups is 1. The molecule has 0 saturated carbocycles. The monoisotopic (exact) mass is 610 g/mol. The number of benzene rings is 2. The molecule has 8 N–H and O–H groups in total. The second-order valence-electron chi connectivity index (χ2n) is 10.7. The summed E-state index contributed by atoms with van der Waals surface area (Å²) in [6.07, 6.45) is -14.2. The Morgan fingerprint density at radius 1 is 0.767 bits per heavy atom. The van der Waals surface area contributed by atoms with Crippen LogP contribution in [0.25, 0.3) is 10.8 Å². The van der Waals surface area contributed by atoms with Crippen molar-refractivity contribution in [1.29, 1.82) is 0 Å². The molecule has 2 aliphatic heterocycles. The lowest BCUT2D eigenvalue weighted by Gasteiger charge is -2.40. The Hall–Kier alpha value is -2.89. The number of carbonyl (C=O) groups excluding carboxylic acids is 1. The molecule has 0 aromatic heterocycles. The Balaban J connectivity index is 1.93. The van der Waals surface area contributed by atoms with Crippen LogP contribution in [0.2, 0.25) is 0 Å². The largest absolute Gasteiger partial charge is 0.465 e. The molecule has 2 aromatic carbocycles. The number of methoxy groups -OCH3 is 1. The Kier molecular flexibility index (Phi) is 10.6. The third-order valence-corrected chi connectivity index (χ3v) is 7.49. The minimum Gasteiger partial charge on any atom is -0.465 e. The molecule has 2 heterocycles. The summed E-state index contributed by atoms with van der Waals surface area (Å²) >= 11 is 0. The summed E-state index contributed by atoms with van der Waals surface area (Å²) < 4.78 is 28.4. The molecular formula is C29H38O14. The van der Waals surface area contributed by atoms with Crippen LogP contribution in [0, 0.1) is 0 Å². The van der Waals surface area contributed by atoms with Gasteiger partial charge in [-0.3, -0.25) is 0 Å². The van der Waals surface area contributed by atoms with E-state index < -0.39 is 80.6 Å². The van der Waals surface area contributed by atoms with Crippen LogP contribution in [-0.4, -0.2) is 129 Å². The van der Waals surface area contributed by atoms with E-state index in [0.717, 1.165) is 12.7 Å². The molecule has 0 amide bonds. The number of fused-ring (bicyclic) bond motifs is 1. The number of ether oxygens (including phenoxy) is 5. The van der Waals surface area contributed by atoms with Crippen LogP contribution in [0.1, 0.15) is 29.8 Å². The first-order chi connectivity index (χ1) is 20.4. The van der Waals surface area contributed by atoms with Crippen LogP contribution in [0.15, 0.2) is 35.9 Å². The zero-order valence-electron chi connectivity index (χ0n) is 23.8. The third kappa shape index (κ3) is 6.49. The molecule has 0 radical (unpaired) electrons. The molecule has 0 aliphatic carbocycles. The maximum absolute atomic E-state index is 13.4. The minimum atomic E-state index is -1.78. The van der Waals surface area contributed by atoms with E-state index in [1.54, 1.807) is 30.3 Å². The molecule has 43 heavy (non-hydrogen) atoms. The van der Waals surface area contributed by atoms with Crippen molar-refractivity contribution < 1.29 is 69.3 Å². The van der Waals surface area contributed by atoms with Crippen molar-refractivity contribution in [2.45, 2.75) is 81.7 Å². The fraction of sp³-hybridized carbons (Fsp3) is 0.552. The highest BCUT2D eigenvalue weighted by atomic mass is 16.7. The van der Waals surface area contributed by atoms with Gasteiger partial charge in [0.2, 0.25) is 12.6 Å². The SMILES string of the molecule is COC(=O)c1c(CC=C(C)C)c(O[C@H]2O[C@@H](CO)[C@H](O)[C@@H](O)[C@@H]2O)c2ccccc2c1O[C@@H]1O[C@H](CO)[C@H](O)[C@H](O)[C@@H]1O. The Bertz CT molecular complexity index is 1310. The average molecular weight is 611 g/mol. The van der Waals surface area contributed by atoms with Gasteiger partial charge in [0.05, 0.1) is 20.3 Å². The summed E-state index contributed by atoms with van der Waals surface area (Å²) in [4.78, 5) is 13.4. The lowest BCUT2D eigenvalue weighted by molar-refractivity contribution is -0.277. The number of hydrogen-bond acceptors (Lipinski definition) is 14. The molecule has 0 bridgehead atoms. The van der Waals surface area contributed by atoms with Crippen LogP contribution < -0.4 is 9.47 Å². The fourth-order valence-electron chi connectivity index (χ4n) is 5.06. The van der Waals surface area contributed by atoms with Gasteiger partial charge in [0, 0.05) is 16.3 Å². The van der Waals surface area contributed by atoms with Gasteiger partial charge in [-0.05, 0) is 20.3 Å². The molecule has 0 unspecified atom stereocenters. The Morgan fingerprint density at radius 3 is 1.67 bits per heavy atom. The van der Waals surface area contributed by atoms with Crippen LogP contribution >= 0.6 is 0 Å². The molecule has 14 heteroatoms. The first-order valence-corrected chi connectivity index (χ1v) is 13.7. The van der Waals surface area contributed by atoms with Gasteiger partial charge in [0.15, 0.2) is 0 Å². The zero-order valence-corrected chi connectivity index (χ0v) is 23.8. The van der Waals surface area contributed by atoms with Gasteiger partial charge in [-0.2, -0.15) is 0 Å². The van der Waals surface area contributed by atoms with Crippen molar-refractivity contribution in [1.82, 2.24) is 0 Å². The first-order valence-electron chi connectivity index (χ1n) is 13.7. The molecule has 10 atom stereocenters. The smallest absolute Gasteiger partial charge is 0.342 e. The van der Waals surface area contributed by atoms with Gasteiger partial charge in [-0.1, -0.05) is 35.9 Å². The lowest BCUT2D eigenvalue weighted by Crippen LogP contribution is -2.60. The predicted molar refractivity (Wildman–Crippen MR) is 147 cm³/mol. The van der Waals surface area contributed by atoms with Crippen molar-refractivity contribution >= 4 is 16.7 Å². The highest BCUT2D eigenvalue weighted by Gasteiger charge is 2.47. The van der Waals surface area contributed by atoms with Crippen molar-refractivity contribution in [3.63, 3.8) is 0 Å². The zero-order chi connectivity index (χ0) is 31.6. The minimum absolute atomic E-state index is 0.0268. The fourth-order valence-corrected chi connectivity index (χ4v) is 5.06. The molecule has 238 valence electrons. The molecule has 2 aliphatic rings. The lowest BCUT2D eigenvalue weighted by atomic mass is 9.94. The van der Waals surface area contributed by atoms with Crippen molar-refractivity contribution in [2.75, 3.05) is 20.3 Å². The first kappa shape index (κ1) is 33.0. The van der Waals surface area contributed by atoms with Crippen LogP contribution in [0.5, 0.6) is 11.5 Å². The quantitative estimate of drug-likeness (QED) is 0.119. The van der Waals surface area contributed by atoms with Gasteiger partial charge in [0.1, 0.15) is 65.9 Å². The number of rotatable bonds is 9. The Morgan fingerprint density at radius 2 is 1.23 bits per heavy atom. The highest BCUT2D eigenvalue weighted by molar-refractivity contribution is 6.06. The summed E-state index contributed by atoms with van der Waals surface area (Å²) in [5.74, 6) is -0.995. The maximum atomic E-state index is 13.4. The molecule has 2 saturated heterocycles. The number of allylic oxidation sites excluding steroid dienone is 2. The van der Waals surface area contributed by atoms with Gasteiger partial charge in [0.25, 0.3) is 0 Å². The predicted octanol–water partition coefficient (Wildman–Crippen LogP) is -1.51. The summed E-state index contributed by atoms with van der Waals surface area (Å²) in [7, 11) is 1.14. The number of hydrogen-bond donors (Lipinski definition) is 8. The third-order valence-electron chi connectivity index (χ3n) is 7.49. The summed E-state index contributed by atoms with van der Waals surface area (Å²) in [6.45, 7) is 2.26. The van der Waals surface area contributed by atoms with E-state index >= 15 is 0 Å². The number of esters is 1. The van der Waals surface area contributed by atoms with Crippen LogP contribution in [-0.2, 0) is 20.6 Å². The van der Waals surface area contributed by atoms with Gasteiger partial charge in [-0.15, -0.1) is 0 Å². The summed E-state index contributed by atoms with van der Waals surface area (Å²) in [5.41, 5.74) is 0.873. The van der Waals surface area contributed by atoms with Crippen LogP contribution in [0.3, 0.4) is 0 Å². The summed E-state index contributed by atoms with van der Waals surface area (Å²) in [6, 6.07) is 6.45. The Labute approximate surface area is 246 Å². The van der Waals surface area contributed by atoms with Gasteiger partial charge in [-0.25, -0.2) is 4.79 Å². The second-order valence-corrected chi connectivity index (χ2v) is 10.7. The molecule has 2 aromatic rings. The van der Waals surface area contributed by atoms with Gasteiger partial charge >= 0.3 is 5.97 Å². The molecule has 4 rings (SSSR count). The number of aliphatic hydroxyl groups excluding tert-OH is 8. The summed E-state index contributed by atoms with van der Waals surface area (Å²) in [5, 5.41) is 82.4. The molecule has 0 spiro atoms. The second kappa shape index (κ2) is 13.8. The normalized spacial score (nSPS) is 32.7. The van der Waals surface area contributed by atoms with Crippen molar-refractivity contribution in [3.8, 4) is 11.5 Å². The standard InChI is InChI=1S/C29H38O14/c1-12(2)8-9-15-18(27(38)39-3)26(43-29-24(37)22(35)20(33)17(11-31)41-29)14-7-5-4-6-13(14)25(15)42-28-23(36)21(34)19(32)16(10-30)40-28/h4-8,16-17,19-24,28-37H,9-11H2,1-3H3/t16-,17+,19-,20-,21+,22-,23-,24-,28+,29-/m0/s1. The van der Waals surface area contributed by atoms with Crippen molar-refractivity contribution in [2.24, 2.45) is 0 Å². The van der Waals surface area contributed by atoms with E-state index in [2.05, 4.69) is 0 Å². The highest BCUT2D eigenvalue weighted by Crippen LogP contribution is 2.44.